The Morgan fingerprint density at radius 2 is 2.04 bits per heavy atom. The maximum atomic E-state index is 12.3. The van der Waals surface area contributed by atoms with Gasteiger partial charge in [-0.2, -0.15) is 0 Å². The van der Waals surface area contributed by atoms with Crippen LogP contribution >= 0.6 is 27.5 Å². The van der Waals surface area contributed by atoms with Crippen molar-refractivity contribution < 1.29 is 14.3 Å². The number of carbonyl (C=O) groups is 1. The van der Waals surface area contributed by atoms with Gasteiger partial charge in [0.2, 0.25) is 0 Å². The van der Waals surface area contributed by atoms with Crippen LogP contribution in [0.3, 0.4) is 0 Å². The number of anilines is 1. The minimum atomic E-state index is -0.248. The van der Waals surface area contributed by atoms with Crippen molar-refractivity contribution in [3.8, 4) is 11.5 Å². The molecule has 0 saturated heterocycles. The average Bonchev–Trinajstić information content (AvgIpc) is 2.54. The molecule has 0 aliphatic heterocycles. The van der Waals surface area contributed by atoms with Crippen molar-refractivity contribution >= 4 is 39.1 Å². The van der Waals surface area contributed by atoms with Crippen LogP contribution in [-0.4, -0.2) is 19.6 Å². The molecule has 0 fully saturated rings. The quantitative estimate of drug-likeness (QED) is 0.704. The molecule has 1 amide bonds. The summed E-state index contributed by atoms with van der Waals surface area (Å²) in [4.78, 5) is 12.3. The van der Waals surface area contributed by atoms with Crippen LogP contribution in [0.5, 0.6) is 11.5 Å². The maximum absolute atomic E-state index is 12.3. The third kappa shape index (κ3) is 4.50. The molecule has 0 bridgehead atoms. The number of ether oxygens (including phenoxy) is 2. The van der Waals surface area contributed by atoms with E-state index in [1.165, 1.54) is 7.11 Å². The number of carbonyl (C=O) groups excluding carboxylic acids is 1. The Morgan fingerprint density at radius 3 is 2.65 bits per heavy atom. The molecule has 0 aliphatic rings. The van der Waals surface area contributed by atoms with Crippen LogP contribution in [-0.2, 0) is 0 Å². The summed E-state index contributed by atoms with van der Waals surface area (Å²) in [7, 11) is 1.53. The van der Waals surface area contributed by atoms with E-state index in [1.807, 2.05) is 0 Å². The van der Waals surface area contributed by atoms with E-state index < -0.39 is 0 Å². The first-order valence-corrected chi connectivity index (χ1v) is 7.90. The second kappa shape index (κ2) is 8.04. The van der Waals surface area contributed by atoms with Gasteiger partial charge in [-0.25, -0.2) is 0 Å². The minimum absolute atomic E-state index is 0.248. The Hall–Kier alpha value is -1.98. The van der Waals surface area contributed by atoms with E-state index >= 15 is 0 Å². The number of hydrogen-bond acceptors (Lipinski definition) is 3. The van der Waals surface area contributed by atoms with Crippen LogP contribution in [0, 0.1) is 0 Å². The highest BCUT2D eigenvalue weighted by atomic mass is 79.9. The Bertz CT molecular complexity index is 734. The van der Waals surface area contributed by atoms with E-state index in [-0.39, 0.29) is 5.91 Å². The fraction of sp³-hybridized carbons (Fsp3) is 0.118. The molecule has 0 aliphatic carbocycles. The molecule has 2 aromatic rings. The molecule has 0 saturated carbocycles. The summed E-state index contributed by atoms with van der Waals surface area (Å²) >= 11 is 9.43. The van der Waals surface area contributed by atoms with Crippen LogP contribution in [0.15, 0.2) is 53.5 Å². The summed E-state index contributed by atoms with van der Waals surface area (Å²) < 4.78 is 11.2. The normalized spacial score (nSPS) is 10.0. The molecule has 2 aromatic carbocycles. The standard InChI is InChI=1S/C17H15BrClNO3/c1-3-8-23-15-6-4-11(9-13(15)18)17(21)20-12-5-7-16(22-2)14(19)10-12/h3-7,9-10H,1,8H2,2H3,(H,20,21). The Kier molecular flexibility index (Phi) is 6.07. The summed E-state index contributed by atoms with van der Waals surface area (Å²) in [5.74, 6) is 0.951. The molecule has 1 N–H and O–H groups in total. The summed E-state index contributed by atoms with van der Waals surface area (Å²) in [6, 6.07) is 10.2. The van der Waals surface area contributed by atoms with Crippen molar-refractivity contribution in [3.05, 3.63) is 64.1 Å². The predicted octanol–water partition coefficient (Wildman–Crippen LogP) is 4.93. The smallest absolute Gasteiger partial charge is 0.255 e. The molecular weight excluding hydrogens is 382 g/mol. The number of benzene rings is 2. The number of halogens is 2. The van der Waals surface area contributed by atoms with Crippen molar-refractivity contribution in [2.75, 3.05) is 19.0 Å². The van der Waals surface area contributed by atoms with Crippen LogP contribution in [0.25, 0.3) is 0 Å². The van der Waals surface area contributed by atoms with Gasteiger partial charge in [-0.05, 0) is 52.3 Å². The highest BCUT2D eigenvalue weighted by Gasteiger charge is 2.10. The van der Waals surface area contributed by atoms with Crippen molar-refractivity contribution in [1.29, 1.82) is 0 Å². The van der Waals surface area contributed by atoms with E-state index in [4.69, 9.17) is 21.1 Å². The van der Waals surface area contributed by atoms with E-state index in [9.17, 15) is 4.79 Å². The van der Waals surface area contributed by atoms with Gasteiger partial charge in [0.25, 0.3) is 5.91 Å². The van der Waals surface area contributed by atoms with Gasteiger partial charge >= 0.3 is 0 Å². The zero-order chi connectivity index (χ0) is 16.8. The average molecular weight is 397 g/mol. The molecule has 0 atom stereocenters. The molecular formula is C17H15BrClNO3. The number of methoxy groups -OCH3 is 1. The zero-order valence-corrected chi connectivity index (χ0v) is 14.8. The molecule has 4 nitrogen and oxygen atoms in total. The highest BCUT2D eigenvalue weighted by molar-refractivity contribution is 9.10. The Balaban J connectivity index is 2.13. The molecule has 120 valence electrons. The summed E-state index contributed by atoms with van der Waals surface area (Å²) in [5, 5.41) is 3.21. The lowest BCUT2D eigenvalue weighted by atomic mass is 10.2. The predicted molar refractivity (Wildman–Crippen MR) is 95.8 cm³/mol. The van der Waals surface area contributed by atoms with Gasteiger partial charge in [0.15, 0.2) is 0 Å². The van der Waals surface area contributed by atoms with E-state index in [2.05, 4.69) is 27.8 Å². The van der Waals surface area contributed by atoms with Crippen LogP contribution in [0.1, 0.15) is 10.4 Å². The first kappa shape index (κ1) is 17.4. The molecule has 2 rings (SSSR count). The first-order valence-electron chi connectivity index (χ1n) is 6.73. The Morgan fingerprint density at radius 1 is 1.30 bits per heavy atom. The monoisotopic (exact) mass is 395 g/mol. The SMILES string of the molecule is C=CCOc1ccc(C(=O)Nc2ccc(OC)c(Cl)c2)cc1Br. The van der Waals surface area contributed by atoms with E-state index in [1.54, 1.807) is 42.5 Å². The highest BCUT2D eigenvalue weighted by Crippen LogP contribution is 2.29. The lowest BCUT2D eigenvalue weighted by molar-refractivity contribution is 0.102. The lowest BCUT2D eigenvalue weighted by Gasteiger charge is -2.10. The summed E-state index contributed by atoms with van der Waals surface area (Å²) in [6.07, 6.45) is 1.65. The number of amides is 1. The number of hydrogen-bond donors (Lipinski definition) is 1. The van der Waals surface area contributed by atoms with Gasteiger partial charge in [-0.3, -0.25) is 4.79 Å². The van der Waals surface area contributed by atoms with Gasteiger partial charge in [-0.1, -0.05) is 24.3 Å². The van der Waals surface area contributed by atoms with E-state index in [0.29, 0.717) is 38.9 Å². The molecule has 0 heterocycles. The van der Waals surface area contributed by atoms with Crippen molar-refractivity contribution in [2.24, 2.45) is 0 Å². The molecule has 0 unspecified atom stereocenters. The largest absolute Gasteiger partial charge is 0.495 e. The van der Waals surface area contributed by atoms with Crippen LogP contribution in [0.2, 0.25) is 5.02 Å². The number of rotatable bonds is 6. The van der Waals surface area contributed by atoms with Gasteiger partial charge in [0.1, 0.15) is 18.1 Å². The molecule has 23 heavy (non-hydrogen) atoms. The fourth-order valence-electron chi connectivity index (χ4n) is 1.86. The molecule has 0 radical (unpaired) electrons. The maximum Gasteiger partial charge on any atom is 0.255 e. The van der Waals surface area contributed by atoms with Gasteiger partial charge in [-0.15, -0.1) is 0 Å². The van der Waals surface area contributed by atoms with Crippen molar-refractivity contribution in [2.45, 2.75) is 0 Å². The third-order valence-electron chi connectivity index (χ3n) is 2.96. The molecule has 6 heteroatoms. The topological polar surface area (TPSA) is 47.6 Å². The fourth-order valence-corrected chi connectivity index (χ4v) is 2.61. The zero-order valence-electron chi connectivity index (χ0n) is 12.4. The first-order chi connectivity index (χ1) is 11.0. The number of nitrogens with one attached hydrogen (secondary N) is 1. The van der Waals surface area contributed by atoms with Crippen molar-refractivity contribution in [1.82, 2.24) is 0 Å². The third-order valence-corrected chi connectivity index (χ3v) is 3.88. The minimum Gasteiger partial charge on any atom is -0.495 e. The molecule has 0 spiro atoms. The lowest BCUT2D eigenvalue weighted by Crippen LogP contribution is -2.12. The summed E-state index contributed by atoms with van der Waals surface area (Å²) in [6.45, 7) is 3.99. The van der Waals surface area contributed by atoms with Gasteiger partial charge in [0.05, 0.1) is 16.6 Å². The van der Waals surface area contributed by atoms with E-state index in [0.717, 1.165) is 0 Å². The molecule has 0 aromatic heterocycles. The van der Waals surface area contributed by atoms with Gasteiger partial charge < -0.3 is 14.8 Å². The van der Waals surface area contributed by atoms with Gasteiger partial charge in [0, 0.05) is 11.3 Å². The van der Waals surface area contributed by atoms with Crippen molar-refractivity contribution in [3.63, 3.8) is 0 Å². The van der Waals surface area contributed by atoms with Crippen LogP contribution < -0.4 is 14.8 Å². The second-order valence-electron chi connectivity index (χ2n) is 4.55. The van der Waals surface area contributed by atoms with Crippen LogP contribution in [0.4, 0.5) is 5.69 Å². The second-order valence-corrected chi connectivity index (χ2v) is 5.81. The summed E-state index contributed by atoms with van der Waals surface area (Å²) in [5.41, 5.74) is 1.08. The Labute approximate surface area is 148 Å².